The molecule has 0 aliphatic heterocycles. The van der Waals surface area contributed by atoms with Crippen LogP contribution in [0.5, 0.6) is 5.75 Å². The third kappa shape index (κ3) is 4.16. The smallest absolute Gasteiger partial charge is 0.270 e. The number of methoxy groups -OCH3 is 1. The normalized spacial score (nSPS) is 10.0. The van der Waals surface area contributed by atoms with Crippen molar-refractivity contribution in [3.05, 3.63) is 44.9 Å². The van der Waals surface area contributed by atoms with Gasteiger partial charge in [-0.1, -0.05) is 22.5 Å². The molecule has 0 bridgehead atoms. The van der Waals surface area contributed by atoms with Crippen LogP contribution in [-0.2, 0) is 6.54 Å². The van der Waals surface area contributed by atoms with Crippen LogP contribution in [0.1, 0.15) is 5.56 Å². The molecule has 17 heavy (non-hydrogen) atoms. The molecule has 5 nitrogen and oxygen atoms in total. The van der Waals surface area contributed by atoms with Crippen molar-refractivity contribution < 1.29 is 9.66 Å². The molecule has 1 rings (SSSR count). The van der Waals surface area contributed by atoms with E-state index in [0.717, 1.165) is 10.0 Å². The number of non-ortho nitro benzene ring substituents is 1. The summed E-state index contributed by atoms with van der Waals surface area (Å²) in [5, 5.41) is 13.8. The lowest BCUT2D eigenvalue weighted by Crippen LogP contribution is -2.15. The van der Waals surface area contributed by atoms with Gasteiger partial charge in [-0.05, 0) is 6.07 Å². The van der Waals surface area contributed by atoms with Gasteiger partial charge in [-0.2, -0.15) is 0 Å². The Balaban J connectivity index is 2.82. The minimum Gasteiger partial charge on any atom is -0.496 e. The number of rotatable bonds is 6. The summed E-state index contributed by atoms with van der Waals surface area (Å²) in [6.45, 7) is 4.76. The van der Waals surface area contributed by atoms with Crippen LogP contribution >= 0.6 is 15.9 Å². The van der Waals surface area contributed by atoms with E-state index in [9.17, 15) is 10.1 Å². The van der Waals surface area contributed by atoms with Crippen molar-refractivity contribution in [1.29, 1.82) is 0 Å². The molecule has 0 saturated carbocycles. The van der Waals surface area contributed by atoms with Gasteiger partial charge in [0.15, 0.2) is 0 Å². The van der Waals surface area contributed by atoms with Crippen LogP contribution < -0.4 is 10.1 Å². The molecule has 6 heteroatoms. The van der Waals surface area contributed by atoms with Crippen molar-refractivity contribution in [2.45, 2.75) is 6.54 Å². The topological polar surface area (TPSA) is 64.4 Å². The molecule has 0 amide bonds. The number of hydrogen-bond acceptors (Lipinski definition) is 4. The third-order valence-corrected chi connectivity index (χ3v) is 2.39. The highest BCUT2D eigenvalue weighted by Crippen LogP contribution is 2.23. The predicted molar refractivity (Wildman–Crippen MR) is 69.4 cm³/mol. The summed E-state index contributed by atoms with van der Waals surface area (Å²) < 4.78 is 5.96. The SMILES string of the molecule is C=C(Br)CNCc1cc([N+](=O)[O-])ccc1OC. The second kappa shape index (κ2) is 6.36. The quantitative estimate of drug-likeness (QED) is 0.648. The van der Waals surface area contributed by atoms with Crippen LogP contribution in [0.4, 0.5) is 5.69 Å². The highest BCUT2D eigenvalue weighted by Gasteiger charge is 2.10. The van der Waals surface area contributed by atoms with Crippen LogP contribution in [-0.4, -0.2) is 18.6 Å². The van der Waals surface area contributed by atoms with E-state index in [0.29, 0.717) is 18.8 Å². The van der Waals surface area contributed by atoms with E-state index in [1.807, 2.05) is 0 Å². The Morgan fingerprint density at radius 1 is 1.65 bits per heavy atom. The molecular weight excluding hydrogens is 288 g/mol. The van der Waals surface area contributed by atoms with E-state index < -0.39 is 4.92 Å². The fourth-order valence-corrected chi connectivity index (χ4v) is 1.55. The van der Waals surface area contributed by atoms with Crippen molar-refractivity contribution in [1.82, 2.24) is 5.32 Å². The standard InChI is InChI=1S/C11H13BrN2O3/c1-8(12)6-13-7-9-5-10(14(15)16)3-4-11(9)17-2/h3-5,13H,1,6-7H2,2H3. The predicted octanol–water partition coefficient (Wildman–Crippen LogP) is 2.60. The van der Waals surface area contributed by atoms with Crippen molar-refractivity contribution in [2.24, 2.45) is 0 Å². The Morgan fingerprint density at radius 3 is 2.88 bits per heavy atom. The van der Waals surface area contributed by atoms with Gasteiger partial charge in [-0.3, -0.25) is 10.1 Å². The summed E-state index contributed by atoms with van der Waals surface area (Å²) in [5.74, 6) is 0.628. The first-order valence-electron chi connectivity index (χ1n) is 4.90. The van der Waals surface area contributed by atoms with Gasteiger partial charge in [0.25, 0.3) is 5.69 Å². The Hall–Kier alpha value is -1.40. The van der Waals surface area contributed by atoms with Crippen LogP contribution in [0.15, 0.2) is 29.3 Å². The Labute approximate surface area is 108 Å². The van der Waals surface area contributed by atoms with E-state index in [1.165, 1.54) is 19.2 Å². The highest BCUT2D eigenvalue weighted by molar-refractivity contribution is 9.11. The lowest BCUT2D eigenvalue weighted by Gasteiger charge is -2.09. The van der Waals surface area contributed by atoms with Gasteiger partial charge in [-0.25, -0.2) is 0 Å². The Bertz CT molecular complexity index is 435. The maximum absolute atomic E-state index is 10.7. The number of nitro groups is 1. The molecule has 0 radical (unpaired) electrons. The monoisotopic (exact) mass is 300 g/mol. The average molecular weight is 301 g/mol. The van der Waals surface area contributed by atoms with Gasteiger partial charge in [0.2, 0.25) is 0 Å². The molecule has 92 valence electrons. The molecule has 0 aliphatic carbocycles. The van der Waals surface area contributed by atoms with E-state index in [2.05, 4.69) is 27.8 Å². The number of ether oxygens (including phenoxy) is 1. The van der Waals surface area contributed by atoms with Gasteiger partial charge < -0.3 is 10.1 Å². The number of nitrogens with one attached hydrogen (secondary N) is 1. The fraction of sp³-hybridized carbons (Fsp3) is 0.273. The summed E-state index contributed by atoms with van der Waals surface area (Å²) in [6, 6.07) is 4.52. The second-order valence-corrected chi connectivity index (χ2v) is 4.50. The second-order valence-electron chi connectivity index (χ2n) is 3.37. The number of benzene rings is 1. The lowest BCUT2D eigenvalue weighted by molar-refractivity contribution is -0.384. The molecule has 1 N–H and O–H groups in total. The number of halogens is 1. The zero-order valence-electron chi connectivity index (χ0n) is 9.40. The van der Waals surface area contributed by atoms with Gasteiger partial charge in [0, 0.05) is 35.3 Å². The van der Waals surface area contributed by atoms with Crippen LogP contribution in [0.25, 0.3) is 0 Å². The van der Waals surface area contributed by atoms with Gasteiger partial charge in [0.1, 0.15) is 5.75 Å². The van der Waals surface area contributed by atoms with Crippen molar-refractivity contribution in [3.8, 4) is 5.75 Å². The van der Waals surface area contributed by atoms with Crippen LogP contribution in [0, 0.1) is 10.1 Å². The van der Waals surface area contributed by atoms with Gasteiger partial charge in [-0.15, -0.1) is 0 Å². The minimum atomic E-state index is -0.424. The number of nitro benzene ring substituents is 1. The molecule has 0 fully saturated rings. The van der Waals surface area contributed by atoms with Crippen molar-refractivity contribution in [3.63, 3.8) is 0 Å². The summed E-state index contributed by atoms with van der Waals surface area (Å²) in [5.41, 5.74) is 0.802. The summed E-state index contributed by atoms with van der Waals surface area (Å²) in [7, 11) is 1.54. The molecule has 0 unspecified atom stereocenters. The average Bonchev–Trinajstić information content (AvgIpc) is 2.28. The minimum absolute atomic E-state index is 0.0558. The summed E-state index contributed by atoms with van der Waals surface area (Å²) in [6.07, 6.45) is 0. The van der Waals surface area contributed by atoms with E-state index >= 15 is 0 Å². The van der Waals surface area contributed by atoms with Gasteiger partial charge in [0.05, 0.1) is 12.0 Å². The Kier molecular flexibility index (Phi) is 5.11. The fourth-order valence-electron chi connectivity index (χ4n) is 1.35. The lowest BCUT2D eigenvalue weighted by atomic mass is 10.1. The molecule has 0 saturated heterocycles. The van der Waals surface area contributed by atoms with Crippen LogP contribution in [0.3, 0.4) is 0 Å². The number of nitrogens with zero attached hydrogens (tertiary/aromatic N) is 1. The van der Waals surface area contributed by atoms with Crippen molar-refractivity contribution in [2.75, 3.05) is 13.7 Å². The largest absolute Gasteiger partial charge is 0.496 e. The molecule has 0 aromatic heterocycles. The molecule has 1 aromatic rings. The van der Waals surface area contributed by atoms with E-state index in [-0.39, 0.29) is 5.69 Å². The first kappa shape index (κ1) is 13.7. The van der Waals surface area contributed by atoms with Crippen molar-refractivity contribution >= 4 is 21.6 Å². The van der Waals surface area contributed by atoms with E-state index in [4.69, 9.17) is 4.74 Å². The summed E-state index contributed by atoms with van der Waals surface area (Å²) >= 11 is 3.22. The highest BCUT2D eigenvalue weighted by atomic mass is 79.9. The Morgan fingerprint density at radius 2 is 2.35 bits per heavy atom. The van der Waals surface area contributed by atoms with E-state index in [1.54, 1.807) is 6.07 Å². The van der Waals surface area contributed by atoms with Crippen LogP contribution in [0.2, 0.25) is 0 Å². The molecule has 0 heterocycles. The molecule has 0 spiro atoms. The molecule has 1 aromatic carbocycles. The molecular formula is C11H13BrN2O3. The first-order chi connectivity index (χ1) is 8.04. The maximum Gasteiger partial charge on any atom is 0.270 e. The summed E-state index contributed by atoms with van der Waals surface area (Å²) in [4.78, 5) is 10.2. The zero-order chi connectivity index (χ0) is 12.8. The van der Waals surface area contributed by atoms with Gasteiger partial charge >= 0.3 is 0 Å². The maximum atomic E-state index is 10.7. The number of hydrogen-bond donors (Lipinski definition) is 1. The molecule has 0 aliphatic rings. The zero-order valence-corrected chi connectivity index (χ0v) is 11.0. The molecule has 0 atom stereocenters. The third-order valence-electron chi connectivity index (χ3n) is 2.11. The first-order valence-corrected chi connectivity index (χ1v) is 5.69.